The van der Waals surface area contributed by atoms with Crippen molar-refractivity contribution in [1.29, 1.82) is 0 Å². The van der Waals surface area contributed by atoms with E-state index in [4.69, 9.17) is 0 Å². The minimum absolute atomic E-state index is 0.0891. The van der Waals surface area contributed by atoms with E-state index in [1.54, 1.807) is 0 Å². The zero-order valence-electron chi connectivity index (χ0n) is 14.0. The largest absolute Gasteiger partial charge is 0.312 e. The summed E-state index contributed by atoms with van der Waals surface area (Å²) in [4.78, 5) is -0.871. The number of sulfonamides is 1. The first-order chi connectivity index (χ1) is 12.5. The molecule has 0 radical (unpaired) electrons. The minimum atomic E-state index is -4.20. The van der Waals surface area contributed by atoms with Crippen LogP contribution in [0.3, 0.4) is 0 Å². The van der Waals surface area contributed by atoms with E-state index in [0.717, 1.165) is 47.2 Å². The van der Waals surface area contributed by atoms with Gasteiger partial charge in [-0.3, -0.25) is 0 Å². The fourth-order valence-corrected chi connectivity index (χ4v) is 5.21. The van der Waals surface area contributed by atoms with Gasteiger partial charge in [-0.05, 0) is 25.0 Å². The lowest BCUT2D eigenvalue weighted by molar-refractivity contribution is 0.305. The quantitative estimate of drug-likeness (QED) is 0.862. The molecule has 2 aliphatic rings. The van der Waals surface area contributed by atoms with E-state index in [2.05, 4.69) is 20.1 Å². The van der Waals surface area contributed by atoms with Crippen LogP contribution < -0.4 is 5.32 Å². The molecular formula is C16H19F2N5O2S. The zero-order chi connectivity index (χ0) is 18.3. The van der Waals surface area contributed by atoms with Crippen LogP contribution >= 0.6 is 0 Å². The molecule has 7 nitrogen and oxygen atoms in total. The lowest BCUT2D eigenvalue weighted by Crippen LogP contribution is -2.39. The SMILES string of the molecule is O=S(=O)(c1c(F)cccc1F)N1CCC(c2nnc3n2CCNC3)CC1. The first kappa shape index (κ1) is 17.5. The molecule has 1 aromatic carbocycles. The van der Waals surface area contributed by atoms with Crippen LogP contribution in [0.4, 0.5) is 8.78 Å². The summed E-state index contributed by atoms with van der Waals surface area (Å²) in [5, 5.41) is 11.7. The molecule has 1 aromatic heterocycles. The maximum Gasteiger partial charge on any atom is 0.248 e. The summed E-state index contributed by atoms with van der Waals surface area (Å²) in [6.45, 7) is 2.70. The van der Waals surface area contributed by atoms with Crippen molar-refractivity contribution in [3.8, 4) is 0 Å². The molecule has 0 aliphatic carbocycles. The summed E-state index contributed by atoms with van der Waals surface area (Å²) in [7, 11) is -4.20. The molecule has 0 saturated carbocycles. The number of rotatable bonds is 3. The van der Waals surface area contributed by atoms with Gasteiger partial charge in [0.15, 0.2) is 4.90 Å². The second-order valence-corrected chi connectivity index (χ2v) is 8.41. The molecule has 1 N–H and O–H groups in total. The smallest absolute Gasteiger partial charge is 0.248 e. The van der Waals surface area contributed by atoms with Crippen LogP contribution in [0.25, 0.3) is 0 Å². The predicted molar refractivity (Wildman–Crippen MR) is 88.8 cm³/mol. The summed E-state index contributed by atoms with van der Waals surface area (Å²) < 4.78 is 56.4. The van der Waals surface area contributed by atoms with Crippen LogP contribution in [0, 0.1) is 11.6 Å². The third kappa shape index (κ3) is 2.91. The minimum Gasteiger partial charge on any atom is -0.312 e. The van der Waals surface area contributed by atoms with Gasteiger partial charge in [-0.1, -0.05) is 6.07 Å². The third-order valence-corrected chi connectivity index (χ3v) is 6.94. The molecule has 2 aromatic rings. The predicted octanol–water partition coefficient (Wildman–Crippen LogP) is 1.23. The Morgan fingerprint density at radius 3 is 2.46 bits per heavy atom. The van der Waals surface area contributed by atoms with Crippen LogP contribution in [0.5, 0.6) is 0 Å². The lowest BCUT2D eigenvalue weighted by atomic mass is 9.97. The molecular weight excluding hydrogens is 364 g/mol. The molecule has 0 amide bonds. The second kappa shape index (κ2) is 6.67. The molecule has 4 rings (SSSR count). The first-order valence-corrected chi connectivity index (χ1v) is 9.99. The molecule has 0 atom stereocenters. The maximum atomic E-state index is 13.9. The molecule has 0 unspecified atom stereocenters. The Labute approximate surface area is 150 Å². The van der Waals surface area contributed by atoms with Crippen LogP contribution in [0.1, 0.15) is 30.4 Å². The molecule has 0 spiro atoms. The monoisotopic (exact) mass is 383 g/mol. The Morgan fingerprint density at radius 1 is 1.08 bits per heavy atom. The van der Waals surface area contributed by atoms with Gasteiger partial charge in [-0.25, -0.2) is 17.2 Å². The highest BCUT2D eigenvalue weighted by atomic mass is 32.2. The van der Waals surface area contributed by atoms with Crippen molar-refractivity contribution in [2.75, 3.05) is 19.6 Å². The summed E-state index contributed by atoms with van der Waals surface area (Å²) in [6.07, 6.45) is 1.09. The van der Waals surface area contributed by atoms with Gasteiger partial charge >= 0.3 is 0 Å². The van der Waals surface area contributed by atoms with Crippen molar-refractivity contribution in [1.82, 2.24) is 24.4 Å². The first-order valence-electron chi connectivity index (χ1n) is 8.55. The number of hydrogen-bond acceptors (Lipinski definition) is 5. The number of fused-ring (bicyclic) bond motifs is 1. The van der Waals surface area contributed by atoms with Gasteiger partial charge in [0.2, 0.25) is 10.0 Å². The second-order valence-electron chi connectivity index (χ2n) is 6.53. The Hall–Kier alpha value is -1.91. The Bertz CT molecular complexity index is 902. The molecule has 1 fully saturated rings. The zero-order valence-corrected chi connectivity index (χ0v) is 14.8. The fraction of sp³-hybridized carbons (Fsp3) is 0.500. The van der Waals surface area contributed by atoms with Gasteiger partial charge in [-0.2, -0.15) is 4.31 Å². The Morgan fingerprint density at radius 2 is 1.77 bits per heavy atom. The van der Waals surface area contributed by atoms with Gasteiger partial charge in [0.05, 0.1) is 6.54 Å². The third-order valence-electron chi connectivity index (χ3n) is 4.99. The average molecular weight is 383 g/mol. The topological polar surface area (TPSA) is 80.1 Å². The number of hydrogen-bond donors (Lipinski definition) is 1. The van der Waals surface area contributed by atoms with Crippen molar-refractivity contribution in [3.05, 3.63) is 41.5 Å². The van der Waals surface area contributed by atoms with Gasteiger partial charge in [-0.15, -0.1) is 10.2 Å². The molecule has 26 heavy (non-hydrogen) atoms. The van der Waals surface area contributed by atoms with Gasteiger partial charge in [0.1, 0.15) is 23.3 Å². The van der Waals surface area contributed by atoms with E-state index in [9.17, 15) is 17.2 Å². The highest BCUT2D eigenvalue weighted by molar-refractivity contribution is 7.89. The molecule has 2 aliphatic heterocycles. The number of benzene rings is 1. The summed E-state index contributed by atoms with van der Waals surface area (Å²) >= 11 is 0. The number of halogens is 2. The van der Waals surface area contributed by atoms with Gasteiger partial charge in [0, 0.05) is 32.1 Å². The number of piperidine rings is 1. The van der Waals surface area contributed by atoms with E-state index < -0.39 is 26.6 Å². The van der Waals surface area contributed by atoms with Crippen molar-refractivity contribution < 1.29 is 17.2 Å². The number of aromatic nitrogens is 3. The van der Waals surface area contributed by atoms with E-state index in [1.807, 2.05) is 0 Å². The van der Waals surface area contributed by atoms with Crippen molar-refractivity contribution in [2.24, 2.45) is 0 Å². The molecule has 3 heterocycles. The molecule has 10 heteroatoms. The normalized spacial score (nSPS) is 19.5. The standard InChI is InChI=1S/C16H19F2N5O2S/c17-12-2-1-3-13(18)15(12)26(24,25)22-7-4-11(5-8-22)16-21-20-14-10-19-6-9-23(14)16/h1-3,11,19H,4-10H2. The van der Waals surface area contributed by atoms with Crippen molar-refractivity contribution in [2.45, 2.75) is 36.7 Å². The molecule has 1 saturated heterocycles. The van der Waals surface area contributed by atoms with Gasteiger partial charge < -0.3 is 9.88 Å². The summed E-state index contributed by atoms with van der Waals surface area (Å²) in [5.74, 6) is -0.283. The average Bonchev–Trinajstić information content (AvgIpc) is 3.05. The lowest BCUT2D eigenvalue weighted by Gasteiger charge is -2.31. The molecule has 140 valence electrons. The van der Waals surface area contributed by atoms with Crippen LogP contribution in [0.15, 0.2) is 23.1 Å². The molecule has 0 bridgehead atoms. The number of nitrogens with zero attached hydrogens (tertiary/aromatic N) is 4. The van der Waals surface area contributed by atoms with E-state index in [1.165, 1.54) is 0 Å². The van der Waals surface area contributed by atoms with Crippen molar-refractivity contribution in [3.63, 3.8) is 0 Å². The van der Waals surface area contributed by atoms with E-state index in [0.29, 0.717) is 19.4 Å². The van der Waals surface area contributed by atoms with Crippen LogP contribution in [-0.2, 0) is 23.1 Å². The highest BCUT2D eigenvalue weighted by Crippen LogP contribution is 2.31. The summed E-state index contributed by atoms with van der Waals surface area (Å²) in [6, 6.07) is 3.07. The van der Waals surface area contributed by atoms with Crippen molar-refractivity contribution >= 4 is 10.0 Å². The van der Waals surface area contributed by atoms with E-state index >= 15 is 0 Å². The highest BCUT2D eigenvalue weighted by Gasteiger charge is 2.35. The van der Waals surface area contributed by atoms with Gasteiger partial charge in [0.25, 0.3) is 0 Å². The summed E-state index contributed by atoms with van der Waals surface area (Å²) in [5.41, 5.74) is 0. The van der Waals surface area contributed by atoms with E-state index in [-0.39, 0.29) is 19.0 Å². The van der Waals surface area contributed by atoms with Crippen LogP contribution in [0.2, 0.25) is 0 Å². The van der Waals surface area contributed by atoms with Crippen LogP contribution in [-0.4, -0.2) is 47.1 Å². The fourth-order valence-electron chi connectivity index (χ4n) is 3.63. The maximum absolute atomic E-state index is 13.9. The number of nitrogens with one attached hydrogen (secondary N) is 1. The Kier molecular flexibility index (Phi) is 4.49. The Balaban J connectivity index is 1.53.